The van der Waals surface area contributed by atoms with Gasteiger partial charge in [0, 0.05) is 32.4 Å². The normalized spacial score (nSPS) is 26.2. The van der Waals surface area contributed by atoms with Gasteiger partial charge in [0.2, 0.25) is 5.91 Å². The van der Waals surface area contributed by atoms with Gasteiger partial charge in [-0.25, -0.2) is 0 Å². The molecule has 2 fully saturated rings. The van der Waals surface area contributed by atoms with Crippen molar-refractivity contribution in [1.82, 2.24) is 4.90 Å². The summed E-state index contributed by atoms with van der Waals surface area (Å²) in [5.41, 5.74) is 0. The average molecular weight is 285 g/mol. The standard InChI is InChI=1S/C14H23NO5/c1-2-20-12-9-11(12)14(18)15(6-3-13(16)17)10-4-7-19-8-5-10/h10-12H,2-9H2,1H3,(H,16,17)/t11-,12+/m1/s1. The molecule has 1 saturated carbocycles. The van der Waals surface area contributed by atoms with Crippen molar-refractivity contribution in [3.63, 3.8) is 0 Å². The molecule has 2 rings (SSSR count). The predicted molar refractivity (Wildman–Crippen MR) is 71.3 cm³/mol. The lowest BCUT2D eigenvalue weighted by Crippen LogP contribution is -2.45. The highest BCUT2D eigenvalue weighted by Gasteiger charge is 2.47. The van der Waals surface area contributed by atoms with Gasteiger partial charge in [-0.05, 0) is 26.2 Å². The summed E-state index contributed by atoms with van der Waals surface area (Å²) in [6.45, 7) is 4.09. The Balaban J connectivity index is 1.94. The van der Waals surface area contributed by atoms with E-state index in [-0.39, 0.29) is 36.9 Å². The zero-order valence-corrected chi connectivity index (χ0v) is 11.9. The third-order valence-corrected chi connectivity index (χ3v) is 3.91. The van der Waals surface area contributed by atoms with Crippen molar-refractivity contribution in [1.29, 1.82) is 0 Å². The van der Waals surface area contributed by atoms with Gasteiger partial charge in [0.25, 0.3) is 0 Å². The maximum Gasteiger partial charge on any atom is 0.305 e. The fourth-order valence-corrected chi connectivity index (χ4v) is 2.73. The SMILES string of the molecule is CCO[C@H]1C[C@H]1C(=O)N(CCC(=O)O)C1CCOCC1. The number of carboxylic acid groups (broad SMARTS) is 1. The molecule has 1 heterocycles. The number of carbonyl (C=O) groups is 2. The number of carboxylic acids is 1. The van der Waals surface area contributed by atoms with Crippen molar-refractivity contribution in [2.45, 2.75) is 44.8 Å². The molecule has 1 aliphatic heterocycles. The Morgan fingerprint density at radius 2 is 2.05 bits per heavy atom. The minimum absolute atomic E-state index is 0.00484. The number of rotatable bonds is 7. The van der Waals surface area contributed by atoms with Crippen LogP contribution in [0.25, 0.3) is 0 Å². The quantitative estimate of drug-likeness (QED) is 0.752. The Morgan fingerprint density at radius 1 is 1.35 bits per heavy atom. The molecule has 0 aromatic heterocycles. The zero-order chi connectivity index (χ0) is 14.5. The number of amides is 1. The lowest BCUT2D eigenvalue weighted by atomic mass is 10.1. The van der Waals surface area contributed by atoms with Crippen LogP contribution in [0.4, 0.5) is 0 Å². The minimum Gasteiger partial charge on any atom is -0.481 e. The first-order valence-electron chi connectivity index (χ1n) is 7.35. The summed E-state index contributed by atoms with van der Waals surface area (Å²) in [4.78, 5) is 25.0. The Kier molecular flexibility index (Phi) is 5.37. The van der Waals surface area contributed by atoms with Gasteiger partial charge in [-0.15, -0.1) is 0 Å². The summed E-state index contributed by atoms with van der Waals surface area (Å²) in [7, 11) is 0. The van der Waals surface area contributed by atoms with Gasteiger partial charge < -0.3 is 19.5 Å². The van der Waals surface area contributed by atoms with E-state index < -0.39 is 5.97 Å². The van der Waals surface area contributed by atoms with E-state index in [2.05, 4.69) is 0 Å². The molecule has 1 amide bonds. The van der Waals surface area contributed by atoms with Crippen LogP contribution in [0.15, 0.2) is 0 Å². The summed E-state index contributed by atoms with van der Waals surface area (Å²) >= 11 is 0. The lowest BCUT2D eigenvalue weighted by molar-refractivity contribution is -0.141. The molecular weight excluding hydrogens is 262 g/mol. The number of hydrogen-bond donors (Lipinski definition) is 1. The van der Waals surface area contributed by atoms with Crippen LogP contribution < -0.4 is 0 Å². The second-order valence-corrected chi connectivity index (χ2v) is 5.35. The minimum atomic E-state index is -0.869. The van der Waals surface area contributed by atoms with Crippen LogP contribution in [-0.2, 0) is 19.1 Å². The first kappa shape index (κ1) is 15.3. The highest BCUT2D eigenvalue weighted by atomic mass is 16.5. The van der Waals surface area contributed by atoms with Crippen LogP contribution in [0.1, 0.15) is 32.6 Å². The van der Waals surface area contributed by atoms with Crippen LogP contribution in [0.2, 0.25) is 0 Å². The second kappa shape index (κ2) is 7.04. The largest absolute Gasteiger partial charge is 0.481 e. The summed E-state index contributed by atoms with van der Waals surface area (Å²) in [6, 6.07) is 0.110. The maximum absolute atomic E-state index is 12.5. The lowest BCUT2D eigenvalue weighted by Gasteiger charge is -2.34. The van der Waals surface area contributed by atoms with E-state index in [1.54, 1.807) is 4.90 Å². The maximum atomic E-state index is 12.5. The molecule has 114 valence electrons. The Bertz CT molecular complexity index is 353. The fraction of sp³-hybridized carbons (Fsp3) is 0.857. The summed E-state index contributed by atoms with van der Waals surface area (Å²) in [5, 5.41) is 8.85. The topological polar surface area (TPSA) is 76.1 Å². The number of hydrogen-bond acceptors (Lipinski definition) is 4. The van der Waals surface area contributed by atoms with Crippen molar-refractivity contribution in [2.24, 2.45) is 5.92 Å². The monoisotopic (exact) mass is 285 g/mol. The van der Waals surface area contributed by atoms with Crippen molar-refractivity contribution >= 4 is 11.9 Å². The van der Waals surface area contributed by atoms with Crippen LogP contribution in [-0.4, -0.2) is 60.4 Å². The van der Waals surface area contributed by atoms with Crippen LogP contribution in [0.5, 0.6) is 0 Å². The molecule has 1 N–H and O–H groups in total. The Labute approximate surface area is 119 Å². The number of carbonyl (C=O) groups excluding carboxylic acids is 1. The van der Waals surface area contributed by atoms with Crippen LogP contribution >= 0.6 is 0 Å². The van der Waals surface area contributed by atoms with E-state index in [9.17, 15) is 9.59 Å². The van der Waals surface area contributed by atoms with Gasteiger partial charge in [0.05, 0.1) is 18.4 Å². The molecule has 0 bridgehead atoms. The van der Waals surface area contributed by atoms with Gasteiger partial charge in [0.15, 0.2) is 0 Å². The van der Waals surface area contributed by atoms with Gasteiger partial charge in [-0.1, -0.05) is 0 Å². The van der Waals surface area contributed by atoms with E-state index in [1.165, 1.54) is 0 Å². The van der Waals surface area contributed by atoms with E-state index in [1.807, 2.05) is 6.92 Å². The summed E-state index contributed by atoms with van der Waals surface area (Å²) < 4.78 is 10.8. The van der Waals surface area contributed by atoms with Gasteiger partial charge in [-0.3, -0.25) is 9.59 Å². The Morgan fingerprint density at radius 3 is 2.65 bits per heavy atom. The third-order valence-electron chi connectivity index (χ3n) is 3.91. The van der Waals surface area contributed by atoms with Crippen LogP contribution in [0.3, 0.4) is 0 Å². The van der Waals surface area contributed by atoms with Crippen molar-refractivity contribution in [3.05, 3.63) is 0 Å². The second-order valence-electron chi connectivity index (χ2n) is 5.35. The number of nitrogens with zero attached hydrogens (tertiary/aromatic N) is 1. The highest BCUT2D eigenvalue weighted by Crippen LogP contribution is 2.36. The molecule has 0 aromatic carbocycles. The van der Waals surface area contributed by atoms with Crippen molar-refractivity contribution < 1.29 is 24.2 Å². The van der Waals surface area contributed by atoms with Crippen molar-refractivity contribution in [3.8, 4) is 0 Å². The molecule has 2 aliphatic rings. The van der Waals surface area contributed by atoms with Crippen LogP contribution in [0, 0.1) is 5.92 Å². The van der Waals surface area contributed by atoms with E-state index >= 15 is 0 Å². The molecule has 0 unspecified atom stereocenters. The fourth-order valence-electron chi connectivity index (χ4n) is 2.73. The summed E-state index contributed by atoms with van der Waals surface area (Å²) in [6.07, 6.45) is 2.36. The first-order chi connectivity index (χ1) is 9.63. The van der Waals surface area contributed by atoms with Crippen molar-refractivity contribution in [2.75, 3.05) is 26.4 Å². The number of aliphatic carboxylic acids is 1. The molecular formula is C14H23NO5. The molecule has 0 spiro atoms. The number of ether oxygens (including phenoxy) is 2. The molecule has 6 nitrogen and oxygen atoms in total. The first-order valence-corrected chi connectivity index (χ1v) is 7.35. The summed E-state index contributed by atoms with van der Waals surface area (Å²) in [5.74, 6) is -0.893. The van der Waals surface area contributed by atoms with E-state index in [4.69, 9.17) is 14.6 Å². The average Bonchev–Trinajstić information content (AvgIpc) is 3.19. The smallest absolute Gasteiger partial charge is 0.305 e. The zero-order valence-electron chi connectivity index (χ0n) is 11.9. The highest BCUT2D eigenvalue weighted by molar-refractivity contribution is 5.83. The van der Waals surface area contributed by atoms with E-state index in [0.29, 0.717) is 19.8 Å². The molecule has 1 aliphatic carbocycles. The van der Waals surface area contributed by atoms with Gasteiger partial charge in [-0.2, -0.15) is 0 Å². The van der Waals surface area contributed by atoms with E-state index in [0.717, 1.165) is 19.3 Å². The Hall–Kier alpha value is -1.14. The third kappa shape index (κ3) is 3.93. The van der Waals surface area contributed by atoms with Gasteiger partial charge in [0.1, 0.15) is 0 Å². The molecule has 0 aromatic rings. The molecule has 2 atom stereocenters. The molecule has 6 heteroatoms. The van der Waals surface area contributed by atoms with Gasteiger partial charge >= 0.3 is 5.97 Å². The molecule has 20 heavy (non-hydrogen) atoms. The molecule has 1 saturated heterocycles. The predicted octanol–water partition coefficient (Wildman–Crippen LogP) is 0.894. The molecule has 0 radical (unpaired) electrons.